The van der Waals surface area contributed by atoms with Gasteiger partial charge in [0.25, 0.3) is 5.82 Å². The first-order valence-electron chi connectivity index (χ1n) is 8.39. The van der Waals surface area contributed by atoms with Gasteiger partial charge >= 0.3 is 0 Å². The average Bonchev–Trinajstić information content (AvgIpc) is 3.01. The third-order valence-corrected chi connectivity index (χ3v) is 4.76. The molecule has 0 saturated carbocycles. The molecule has 0 bridgehead atoms. The predicted octanol–water partition coefficient (Wildman–Crippen LogP) is 1.79. The number of carbonyl (C=O) groups excluding carboxylic acids is 2. The highest BCUT2D eigenvalue weighted by atomic mass is 16.2. The number of guanidine groups is 1. The molecular weight excluding hydrogens is 344 g/mol. The molecule has 1 aliphatic rings. The molecule has 0 fully saturated rings. The van der Waals surface area contributed by atoms with E-state index in [1.54, 1.807) is 14.1 Å². The van der Waals surface area contributed by atoms with Crippen molar-refractivity contribution in [1.29, 1.82) is 0 Å². The van der Waals surface area contributed by atoms with Gasteiger partial charge in [-0.15, -0.1) is 0 Å². The second-order valence-electron chi connectivity index (χ2n) is 6.80. The van der Waals surface area contributed by atoms with E-state index in [2.05, 4.69) is 14.9 Å². The van der Waals surface area contributed by atoms with Gasteiger partial charge in [-0.3, -0.25) is 14.5 Å². The van der Waals surface area contributed by atoms with Crippen LogP contribution in [0.2, 0.25) is 0 Å². The Morgan fingerprint density at radius 1 is 1.37 bits per heavy atom. The SMILES string of the molecule is [C-]#[N+]c1cc(C(=O)Cc2cccc(C3(C)CC(=O)N(C)C(N)=N3)c2)n(C)n1. The molecule has 8 heteroatoms. The number of carbonyl (C=O) groups is 2. The number of nitrogens with zero attached hydrogens (tertiary/aromatic N) is 5. The minimum atomic E-state index is -0.767. The van der Waals surface area contributed by atoms with Crippen molar-refractivity contribution in [2.45, 2.75) is 25.3 Å². The molecule has 27 heavy (non-hydrogen) atoms. The van der Waals surface area contributed by atoms with E-state index in [-0.39, 0.29) is 36.3 Å². The maximum atomic E-state index is 12.6. The van der Waals surface area contributed by atoms with Crippen molar-refractivity contribution in [3.05, 3.63) is 58.6 Å². The van der Waals surface area contributed by atoms with Gasteiger partial charge in [0, 0.05) is 13.5 Å². The molecule has 2 heterocycles. The Morgan fingerprint density at radius 3 is 2.74 bits per heavy atom. The van der Waals surface area contributed by atoms with Crippen molar-refractivity contribution in [2.75, 3.05) is 7.05 Å². The van der Waals surface area contributed by atoms with E-state index in [9.17, 15) is 9.59 Å². The monoisotopic (exact) mass is 364 g/mol. The van der Waals surface area contributed by atoms with E-state index in [4.69, 9.17) is 12.3 Å². The molecule has 1 aromatic carbocycles. The Bertz CT molecular complexity index is 1000. The van der Waals surface area contributed by atoms with Crippen LogP contribution in [-0.4, -0.2) is 39.4 Å². The second kappa shape index (κ2) is 6.68. The molecule has 0 saturated heterocycles. The second-order valence-corrected chi connectivity index (χ2v) is 6.80. The first kappa shape index (κ1) is 18.3. The smallest absolute Gasteiger partial charge is 0.296 e. The molecule has 0 spiro atoms. The standard InChI is InChI=1S/C19H20N6O2/c1-19(11-17(27)24(3)18(20)22-19)13-7-5-6-12(8-13)9-15(26)14-10-16(21-2)23-25(14)4/h5-8,10H,9,11H2,1,3-4H3,(H2,20,22). The van der Waals surface area contributed by atoms with E-state index >= 15 is 0 Å². The lowest BCUT2D eigenvalue weighted by Gasteiger charge is -2.33. The van der Waals surface area contributed by atoms with E-state index in [0.717, 1.165) is 11.1 Å². The van der Waals surface area contributed by atoms with Gasteiger partial charge in [-0.1, -0.05) is 30.8 Å². The summed E-state index contributed by atoms with van der Waals surface area (Å²) in [5.41, 5.74) is 7.11. The highest BCUT2D eigenvalue weighted by molar-refractivity contribution is 5.99. The number of aryl methyl sites for hydroxylation is 1. The van der Waals surface area contributed by atoms with Crippen molar-refractivity contribution in [1.82, 2.24) is 14.7 Å². The summed E-state index contributed by atoms with van der Waals surface area (Å²) in [6.45, 7) is 8.87. The van der Waals surface area contributed by atoms with Crippen LogP contribution >= 0.6 is 0 Å². The van der Waals surface area contributed by atoms with Crippen LogP contribution in [0, 0.1) is 6.57 Å². The minimum absolute atomic E-state index is 0.104. The molecule has 0 radical (unpaired) electrons. The number of Topliss-reactive ketones (excluding diaryl/α,β-unsaturated/α-hetero) is 1. The predicted molar refractivity (Wildman–Crippen MR) is 100 cm³/mol. The van der Waals surface area contributed by atoms with Gasteiger partial charge in [0.1, 0.15) is 5.69 Å². The van der Waals surface area contributed by atoms with Crippen LogP contribution in [0.1, 0.15) is 35.0 Å². The molecule has 2 N–H and O–H groups in total. The zero-order chi connectivity index (χ0) is 19.8. The molecule has 2 aromatic rings. The van der Waals surface area contributed by atoms with Gasteiger partial charge in [0.2, 0.25) is 5.91 Å². The van der Waals surface area contributed by atoms with Crippen molar-refractivity contribution < 1.29 is 9.59 Å². The lowest BCUT2D eigenvalue weighted by atomic mass is 9.86. The van der Waals surface area contributed by atoms with Gasteiger partial charge < -0.3 is 10.6 Å². The highest BCUT2D eigenvalue weighted by Crippen LogP contribution is 2.33. The normalized spacial score (nSPS) is 19.6. The summed E-state index contributed by atoms with van der Waals surface area (Å²) >= 11 is 0. The third kappa shape index (κ3) is 3.44. The third-order valence-electron chi connectivity index (χ3n) is 4.76. The lowest BCUT2D eigenvalue weighted by Crippen LogP contribution is -2.47. The molecule has 1 aliphatic heterocycles. The summed E-state index contributed by atoms with van der Waals surface area (Å²) in [6.07, 6.45) is 0.367. The minimum Gasteiger partial charge on any atom is -0.369 e. The van der Waals surface area contributed by atoms with E-state index in [1.807, 2.05) is 31.2 Å². The zero-order valence-electron chi connectivity index (χ0n) is 15.4. The number of amides is 1. The summed E-state index contributed by atoms with van der Waals surface area (Å²) < 4.78 is 1.42. The van der Waals surface area contributed by atoms with Crippen LogP contribution in [0.25, 0.3) is 4.85 Å². The van der Waals surface area contributed by atoms with E-state index in [0.29, 0.717) is 5.69 Å². The van der Waals surface area contributed by atoms with Gasteiger partial charge in [-0.25, -0.2) is 4.99 Å². The summed E-state index contributed by atoms with van der Waals surface area (Å²) in [5.74, 6) is 0.131. The van der Waals surface area contributed by atoms with Crippen LogP contribution in [-0.2, 0) is 23.8 Å². The Balaban J connectivity index is 1.88. The first-order valence-corrected chi connectivity index (χ1v) is 8.39. The van der Waals surface area contributed by atoms with Gasteiger partial charge in [0.15, 0.2) is 11.7 Å². The van der Waals surface area contributed by atoms with Crippen LogP contribution in [0.15, 0.2) is 35.3 Å². The molecule has 0 aliphatic carbocycles. The first-order chi connectivity index (χ1) is 12.7. The number of benzene rings is 1. The Hall–Kier alpha value is -3.47. The fourth-order valence-electron chi connectivity index (χ4n) is 3.13. The number of ketones is 1. The van der Waals surface area contributed by atoms with Crippen LogP contribution in [0.4, 0.5) is 5.82 Å². The largest absolute Gasteiger partial charge is 0.369 e. The topological polar surface area (TPSA) is 97.9 Å². The molecule has 3 rings (SSSR count). The van der Waals surface area contributed by atoms with Crippen molar-refractivity contribution in [3.8, 4) is 0 Å². The molecule has 1 atom stereocenters. The molecular formula is C19H20N6O2. The Kier molecular flexibility index (Phi) is 4.54. The van der Waals surface area contributed by atoms with Crippen LogP contribution in [0.3, 0.4) is 0 Å². The molecule has 138 valence electrons. The fraction of sp³-hybridized carbons (Fsp3) is 0.316. The van der Waals surface area contributed by atoms with E-state index < -0.39 is 5.54 Å². The lowest BCUT2D eigenvalue weighted by molar-refractivity contribution is -0.128. The van der Waals surface area contributed by atoms with Crippen LogP contribution < -0.4 is 5.73 Å². The van der Waals surface area contributed by atoms with Crippen LogP contribution in [0.5, 0.6) is 0 Å². The molecule has 8 nitrogen and oxygen atoms in total. The number of hydrogen-bond acceptors (Lipinski definition) is 5. The summed E-state index contributed by atoms with van der Waals surface area (Å²) in [5, 5.41) is 3.99. The number of aliphatic imine (C=N–C) groups is 1. The number of hydrogen-bond donors (Lipinski definition) is 1. The quantitative estimate of drug-likeness (QED) is 0.660. The van der Waals surface area contributed by atoms with E-state index in [1.165, 1.54) is 15.6 Å². The number of aromatic nitrogens is 2. The molecule has 1 unspecified atom stereocenters. The highest BCUT2D eigenvalue weighted by Gasteiger charge is 2.36. The van der Waals surface area contributed by atoms with Gasteiger partial charge in [-0.2, -0.15) is 4.68 Å². The summed E-state index contributed by atoms with van der Waals surface area (Å²) in [6, 6.07) is 8.93. The van der Waals surface area contributed by atoms with Gasteiger partial charge in [0.05, 0.1) is 19.0 Å². The Labute approximate surface area is 157 Å². The van der Waals surface area contributed by atoms with Crippen molar-refractivity contribution in [2.24, 2.45) is 17.8 Å². The summed E-state index contributed by atoms with van der Waals surface area (Å²) in [4.78, 5) is 33.9. The van der Waals surface area contributed by atoms with Crippen molar-refractivity contribution in [3.63, 3.8) is 0 Å². The molecule has 1 amide bonds. The maximum Gasteiger partial charge on any atom is 0.296 e. The van der Waals surface area contributed by atoms with Gasteiger partial charge in [-0.05, 0) is 29.2 Å². The molecule has 1 aromatic heterocycles. The Morgan fingerprint density at radius 2 is 2.11 bits per heavy atom. The van der Waals surface area contributed by atoms with Crippen molar-refractivity contribution >= 4 is 23.5 Å². The number of nitrogens with two attached hydrogens (primary N) is 1. The number of rotatable bonds is 4. The maximum absolute atomic E-state index is 12.6. The fourth-order valence-corrected chi connectivity index (χ4v) is 3.13. The zero-order valence-corrected chi connectivity index (χ0v) is 15.4. The average molecular weight is 364 g/mol. The summed E-state index contributed by atoms with van der Waals surface area (Å²) in [7, 11) is 3.24.